The summed E-state index contributed by atoms with van der Waals surface area (Å²) in [5.41, 5.74) is 5.49. The largest absolute Gasteiger partial charge is 0.475 e. The van der Waals surface area contributed by atoms with Gasteiger partial charge in [-0.1, -0.05) is 6.07 Å². The predicted molar refractivity (Wildman–Crippen MR) is 56.8 cm³/mol. The number of nitrogens with zero attached hydrogens (tertiary/aromatic N) is 1. The Bertz CT molecular complexity index is 281. The molecule has 1 aromatic rings. The molecule has 0 unspecified atom stereocenters. The normalized spacial score (nSPS) is 10.2. The van der Waals surface area contributed by atoms with E-state index < -0.39 is 0 Å². The number of ether oxygens (including phenoxy) is 3. The van der Waals surface area contributed by atoms with Gasteiger partial charge < -0.3 is 19.9 Å². The van der Waals surface area contributed by atoms with Crippen LogP contribution >= 0.6 is 0 Å². The zero-order valence-corrected chi connectivity index (χ0v) is 8.81. The lowest BCUT2D eigenvalue weighted by Crippen LogP contribution is -2.10. The Morgan fingerprint density at radius 3 is 2.73 bits per heavy atom. The molecule has 1 rings (SSSR count). The van der Waals surface area contributed by atoms with Crippen molar-refractivity contribution in [2.75, 3.05) is 39.3 Å². The highest BCUT2D eigenvalue weighted by Gasteiger charge is 1.95. The summed E-state index contributed by atoms with van der Waals surface area (Å²) in [5, 5.41) is 0. The van der Waals surface area contributed by atoms with Crippen LogP contribution in [0.1, 0.15) is 0 Å². The van der Waals surface area contributed by atoms with Crippen molar-refractivity contribution in [1.29, 1.82) is 0 Å². The van der Waals surface area contributed by atoms with E-state index in [2.05, 4.69) is 4.98 Å². The molecule has 15 heavy (non-hydrogen) atoms. The van der Waals surface area contributed by atoms with Gasteiger partial charge in [0.1, 0.15) is 12.4 Å². The number of rotatable bonds is 7. The molecule has 0 aliphatic carbocycles. The zero-order chi connectivity index (χ0) is 10.9. The fourth-order valence-electron chi connectivity index (χ4n) is 0.961. The van der Waals surface area contributed by atoms with E-state index in [1.807, 2.05) is 0 Å². The van der Waals surface area contributed by atoms with Crippen molar-refractivity contribution in [3.05, 3.63) is 18.2 Å². The summed E-state index contributed by atoms with van der Waals surface area (Å²) in [6.07, 6.45) is 0. The Labute approximate surface area is 89.2 Å². The Hall–Kier alpha value is -1.33. The van der Waals surface area contributed by atoms with Crippen LogP contribution in [-0.4, -0.2) is 38.5 Å². The molecule has 0 amide bonds. The minimum atomic E-state index is 0.452. The molecule has 0 aromatic carbocycles. The topological polar surface area (TPSA) is 66.6 Å². The molecule has 0 saturated carbocycles. The van der Waals surface area contributed by atoms with Gasteiger partial charge in [0.2, 0.25) is 5.88 Å². The third-order valence-corrected chi connectivity index (χ3v) is 1.65. The molecular weight excluding hydrogens is 196 g/mol. The SMILES string of the molecule is COCCOCCOc1cccc(N)n1. The van der Waals surface area contributed by atoms with Crippen molar-refractivity contribution in [2.24, 2.45) is 0 Å². The molecule has 84 valence electrons. The summed E-state index contributed by atoms with van der Waals surface area (Å²) in [6, 6.07) is 5.26. The van der Waals surface area contributed by atoms with Crippen molar-refractivity contribution in [3.63, 3.8) is 0 Å². The second-order valence-electron chi connectivity index (χ2n) is 2.85. The number of hydrogen-bond acceptors (Lipinski definition) is 5. The summed E-state index contributed by atoms with van der Waals surface area (Å²) >= 11 is 0. The van der Waals surface area contributed by atoms with E-state index in [1.54, 1.807) is 25.3 Å². The van der Waals surface area contributed by atoms with Gasteiger partial charge >= 0.3 is 0 Å². The van der Waals surface area contributed by atoms with Gasteiger partial charge in [0.05, 0.1) is 19.8 Å². The number of aromatic nitrogens is 1. The Balaban J connectivity index is 2.10. The van der Waals surface area contributed by atoms with Gasteiger partial charge in [-0.15, -0.1) is 0 Å². The maximum absolute atomic E-state index is 5.49. The van der Waals surface area contributed by atoms with E-state index in [0.29, 0.717) is 38.1 Å². The highest BCUT2D eigenvalue weighted by Crippen LogP contribution is 2.07. The number of nitrogen functional groups attached to an aromatic ring is 1. The lowest BCUT2D eigenvalue weighted by atomic mass is 10.4. The predicted octanol–water partition coefficient (Wildman–Crippen LogP) is 0.706. The number of hydrogen-bond donors (Lipinski definition) is 1. The van der Waals surface area contributed by atoms with Crippen LogP contribution in [0.4, 0.5) is 5.82 Å². The first kappa shape index (κ1) is 11.7. The van der Waals surface area contributed by atoms with Crippen LogP contribution in [0, 0.1) is 0 Å². The van der Waals surface area contributed by atoms with E-state index in [0.717, 1.165) is 0 Å². The minimum Gasteiger partial charge on any atom is -0.475 e. The molecule has 2 N–H and O–H groups in total. The van der Waals surface area contributed by atoms with Crippen LogP contribution in [-0.2, 0) is 9.47 Å². The third-order valence-electron chi connectivity index (χ3n) is 1.65. The maximum atomic E-state index is 5.49. The summed E-state index contributed by atoms with van der Waals surface area (Å²) in [4.78, 5) is 3.98. The smallest absolute Gasteiger partial charge is 0.215 e. The van der Waals surface area contributed by atoms with E-state index in [1.165, 1.54) is 0 Å². The second kappa shape index (κ2) is 7.03. The average molecular weight is 212 g/mol. The van der Waals surface area contributed by atoms with Crippen LogP contribution in [0.2, 0.25) is 0 Å². The third kappa shape index (κ3) is 5.19. The molecule has 0 aliphatic rings. The molecule has 0 radical (unpaired) electrons. The first-order valence-electron chi connectivity index (χ1n) is 4.75. The molecule has 0 bridgehead atoms. The van der Waals surface area contributed by atoms with Gasteiger partial charge in [-0.25, -0.2) is 0 Å². The van der Waals surface area contributed by atoms with Gasteiger partial charge in [-0.2, -0.15) is 4.98 Å². The van der Waals surface area contributed by atoms with Crippen LogP contribution < -0.4 is 10.5 Å². The Morgan fingerprint density at radius 1 is 1.20 bits per heavy atom. The summed E-state index contributed by atoms with van der Waals surface area (Å²) in [5.74, 6) is 0.971. The lowest BCUT2D eigenvalue weighted by molar-refractivity contribution is 0.0537. The monoisotopic (exact) mass is 212 g/mol. The van der Waals surface area contributed by atoms with Gasteiger partial charge in [0.25, 0.3) is 0 Å². The minimum absolute atomic E-state index is 0.452. The first-order valence-corrected chi connectivity index (χ1v) is 4.75. The number of methoxy groups -OCH3 is 1. The Morgan fingerprint density at radius 2 is 2.00 bits per heavy atom. The van der Waals surface area contributed by atoms with Crippen LogP contribution in [0.15, 0.2) is 18.2 Å². The van der Waals surface area contributed by atoms with Crippen LogP contribution in [0.5, 0.6) is 5.88 Å². The molecule has 0 aliphatic heterocycles. The quantitative estimate of drug-likeness (QED) is 0.674. The van der Waals surface area contributed by atoms with Crippen LogP contribution in [0.3, 0.4) is 0 Å². The van der Waals surface area contributed by atoms with E-state index in [4.69, 9.17) is 19.9 Å². The van der Waals surface area contributed by atoms with Crippen molar-refractivity contribution in [1.82, 2.24) is 4.98 Å². The molecule has 0 saturated heterocycles. The highest BCUT2D eigenvalue weighted by atomic mass is 16.5. The number of nitrogens with two attached hydrogens (primary N) is 1. The van der Waals surface area contributed by atoms with Crippen LogP contribution in [0.25, 0.3) is 0 Å². The number of pyridine rings is 1. The van der Waals surface area contributed by atoms with E-state index in [-0.39, 0.29) is 0 Å². The van der Waals surface area contributed by atoms with E-state index >= 15 is 0 Å². The molecule has 0 fully saturated rings. The highest BCUT2D eigenvalue weighted by molar-refractivity contribution is 5.30. The summed E-state index contributed by atoms with van der Waals surface area (Å²) < 4.78 is 15.4. The van der Waals surface area contributed by atoms with E-state index in [9.17, 15) is 0 Å². The fourth-order valence-corrected chi connectivity index (χ4v) is 0.961. The second-order valence-corrected chi connectivity index (χ2v) is 2.85. The van der Waals surface area contributed by atoms with Crippen molar-refractivity contribution < 1.29 is 14.2 Å². The van der Waals surface area contributed by atoms with Gasteiger partial charge in [-0.05, 0) is 6.07 Å². The molecule has 5 heteroatoms. The van der Waals surface area contributed by atoms with Crippen molar-refractivity contribution in [3.8, 4) is 5.88 Å². The molecule has 0 atom stereocenters. The molecule has 0 spiro atoms. The summed E-state index contributed by atoms with van der Waals surface area (Å²) in [6.45, 7) is 2.14. The average Bonchev–Trinajstić information content (AvgIpc) is 2.23. The first-order chi connectivity index (χ1) is 7.33. The van der Waals surface area contributed by atoms with Crippen molar-refractivity contribution in [2.45, 2.75) is 0 Å². The molecule has 1 aromatic heterocycles. The Kier molecular flexibility index (Phi) is 5.50. The van der Waals surface area contributed by atoms with Crippen molar-refractivity contribution >= 4 is 5.82 Å². The van der Waals surface area contributed by atoms with Gasteiger partial charge in [0, 0.05) is 13.2 Å². The molecule has 5 nitrogen and oxygen atoms in total. The zero-order valence-electron chi connectivity index (χ0n) is 8.81. The van der Waals surface area contributed by atoms with Gasteiger partial charge in [0.15, 0.2) is 0 Å². The van der Waals surface area contributed by atoms with Gasteiger partial charge in [-0.3, -0.25) is 0 Å². The molecule has 1 heterocycles. The lowest BCUT2D eigenvalue weighted by Gasteiger charge is -2.06. The maximum Gasteiger partial charge on any atom is 0.215 e. The standard InChI is InChI=1S/C10H16N2O3/c1-13-5-6-14-7-8-15-10-4-2-3-9(11)12-10/h2-4H,5-8H2,1H3,(H2,11,12). The number of anilines is 1. The fraction of sp³-hybridized carbons (Fsp3) is 0.500. The molecular formula is C10H16N2O3. The summed E-state index contributed by atoms with van der Waals surface area (Å²) in [7, 11) is 1.64.